The zero-order valence-corrected chi connectivity index (χ0v) is 11.7. The zero-order valence-electron chi connectivity index (χ0n) is 11.7. The third-order valence-electron chi connectivity index (χ3n) is 3.66. The quantitative estimate of drug-likeness (QED) is 0.903. The Labute approximate surface area is 119 Å². The normalized spacial score (nSPS) is 19.9. The van der Waals surface area contributed by atoms with Gasteiger partial charge in [-0.2, -0.15) is 17.9 Å². The second kappa shape index (κ2) is 5.80. The van der Waals surface area contributed by atoms with Crippen LogP contribution in [0.4, 0.5) is 13.2 Å². The van der Waals surface area contributed by atoms with Crippen LogP contribution in [-0.4, -0.2) is 44.7 Å². The molecule has 1 N–H and O–H groups in total. The van der Waals surface area contributed by atoms with Crippen LogP contribution in [0.15, 0.2) is 9.21 Å². The van der Waals surface area contributed by atoms with Crippen LogP contribution in [-0.2, 0) is 13.1 Å². The number of alkyl halides is 3. The lowest BCUT2D eigenvalue weighted by Gasteiger charge is -2.38. The topological polar surface area (TPSA) is 71.5 Å². The lowest BCUT2D eigenvalue weighted by Crippen LogP contribution is -2.53. The Hall–Kier alpha value is -1.35. The average molecular weight is 309 g/mol. The maximum atomic E-state index is 12.7. The highest BCUT2D eigenvalue weighted by atomic mass is 19.4. The Balaban J connectivity index is 1.96. The van der Waals surface area contributed by atoms with Crippen molar-refractivity contribution in [3.63, 3.8) is 0 Å². The summed E-state index contributed by atoms with van der Waals surface area (Å²) in [6, 6.07) is 0. The van der Waals surface area contributed by atoms with Crippen molar-refractivity contribution in [2.45, 2.75) is 51.1 Å². The van der Waals surface area contributed by atoms with Crippen molar-refractivity contribution >= 4 is 0 Å². The predicted octanol–water partition coefficient (Wildman–Crippen LogP) is 1.14. The lowest BCUT2D eigenvalue weighted by atomic mass is 9.91. The largest absolute Gasteiger partial charge is 0.438 e. The van der Waals surface area contributed by atoms with Crippen LogP contribution in [0, 0.1) is 0 Å². The van der Waals surface area contributed by atoms with E-state index in [1.165, 1.54) is 0 Å². The van der Waals surface area contributed by atoms with Gasteiger partial charge in [0.15, 0.2) is 5.60 Å². The molecule has 0 spiro atoms. The van der Waals surface area contributed by atoms with Crippen LogP contribution >= 0.6 is 0 Å². The Bertz CT molecular complexity index is 530. The van der Waals surface area contributed by atoms with Crippen molar-refractivity contribution in [3.05, 3.63) is 16.4 Å². The van der Waals surface area contributed by atoms with Crippen LogP contribution in [0.5, 0.6) is 0 Å². The molecule has 21 heavy (non-hydrogen) atoms. The van der Waals surface area contributed by atoms with Crippen LogP contribution < -0.4 is 5.76 Å². The number of aliphatic hydroxyl groups is 1. The molecule has 2 heterocycles. The molecule has 0 unspecified atom stereocenters. The Morgan fingerprint density at radius 2 is 2.00 bits per heavy atom. The van der Waals surface area contributed by atoms with E-state index in [2.05, 4.69) is 5.10 Å². The number of nitrogens with zero attached hydrogens (tertiary/aromatic N) is 3. The molecule has 1 fully saturated rings. The smallest absolute Gasteiger partial charge is 0.392 e. The first-order valence-corrected chi connectivity index (χ1v) is 6.83. The van der Waals surface area contributed by atoms with Gasteiger partial charge in [-0.25, -0.2) is 4.79 Å². The van der Waals surface area contributed by atoms with Crippen LogP contribution in [0.2, 0.25) is 0 Å². The fourth-order valence-corrected chi connectivity index (χ4v) is 2.29. The summed E-state index contributed by atoms with van der Waals surface area (Å²) >= 11 is 0. The van der Waals surface area contributed by atoms with Crippen molar-refractivity contribution in [1.82, 2.24) is 14.7 Å². The van der Waals surface area contributed by atoms with Gasteiger partial charge in [-0.3, -0.25) is 4.90 Å². The van der Waals surface area contributed by atoms with Gasteiger partial charge in [-0.15, -0.1) is 5.10 Å². The molecule has 0 aromatic carbocycles. The molecule has 6 nitrogen and oxygen atoms in total. The van der Waals surface area contributed by atoms with Crippen LogP contribution in [0.25, 0.3) is 0 Å². The molecule has 0 atom stereocenters. The third-order valence-corrected chi connectivity index (χ3v) is 3.66. The highest BCUT2D eigenvalue weighted by Gasteiger charge is 2.54. The van der Waals surface area contributed by atoms with Crippen LogP contribution in [0.3, 0.4) is 0 Å². The van der Waals surface area contributed by atoms with E-state index in [4.69, 9.17) is 4.42 Å². The standard InChI is InChI=1S/C12H18F3N3O3/c1-2-3-9-16-18(10(19)21-9)8-17-6-4-11(20,5-7-17)12(13,14)15/h20H,2-8H2,1H3. The number of rotatable bonds is 4. The molecule has 1 aromatic heterocycles. The van der Waals surface area contributed by atoms with Crippen molar-refractivity contribution in [2.75, 3.05) is 13.1 Å². The SMILES string of the molecule is CCCc1nn(CN2CCC(O)(C(F)(F)F)CC2)c(=O)o1. The van der Waals surface area contributed by atoms with Crippen molar-refractivity contribution in [2.24, 2.45) is 0 Å². The molecule has 2 rings (SSSR count). The average Bonchev–Trinajstić information content (AvgIpc) is 2.72. The second-order valence-corrected chi connectivity index (χ2v) is 5.30. The first-order valence-electron chi connectivity index (χ1n) is 6.83. The molecule has 120 valence electrons. The summed E-state index contributed by atoms with van der Waals surface area (Å²) in [5.74, 6) is -0.290. The van der Waals surface area contributed by atoms with E-state index in [1.807, 2.05) is 6.92 Å². The summed E-state index contributed by atoms with van der Waals surface area (Å²) in [6.07, 6.45) is -4.13. The summed E-state index contributed by atoms with van der Waals surface area (Å²) in [5, 5.41) is 13.6. The van der Waals surface area contributed by atoms with Crippen molar-refractivity contribution < 1.29 is 22.7 Å². The fraction of sp³-hybridized carbons (Fsp3) is 0.833. The minimum atomic E-state index is -4.63. The molecule has 0 aliphatic carbocycles. The molecule has 1 aliphatic rings. The Morgan fingerprint density at radius 3 is 2.52 bits per heavy atom. The summed E-state index contributed by atoms with van der Waals surface area (Å²) in [7, 11) is 0. The molecule has 1 aromatic rings. The van der Waals surface area contributed by atoms with Crippen molar-refractivity contribution in [3.8, 4) is 0 Å². The molecule has 0 amide bonds. The van der Waals surface area contributed by atoms with Gasteiger partial charge < -0.3 is 9.52 Å². The molecular formula is C12H18F3N3O3. The number of aromatic nitrogens is 2. The van der Waals surface area contributed by atoms with Gasteiger partial charge in [0.25, 0.3) is 0 Å². The van der Waals surface area contributed by atoms with E-state index in [9.17, 15) is 23.1 Å². The van der Waals surface area contributed by atoms with Gasteiger partial charge in [-0.05, 0) is 19.3 Å². The number of hydrogen-bond acceptors (Lipinski definition) is 5. The number of piperidine rings is 1. The molecule has 1 aliphatic heterocycles. The summed E-state index contributed by atoms with van der Waals surface area (Å²) in [4.78, 5) is 13.2. The van der Waals surface area contributed by atoms with Crippen molar-refractivity contribution in [1.29, 1.82) is 0 Å². The van der Waals surface area contributed by atoms with Gasteiger partial charge in [0, 0.05) is 19.5 Å². The highest BCUT2D eigenvalue weighted by Crippen LogP contribution is 2.38. The Kier molecular flexibility index (Phi) is 4.43. The van der Waals surface area contributed by atoms with Gasteiger partial charge in [0.05, 0.1) is 0 Å². The fourth-order valence-electron chi connectivity index (χ4n) is 2.29. The first-order chi connectivity index (χ1) is 9.75. The number of aryl methyl sites for hydroxylation is 1. The van der Waals surface area contributed by atoms with E-state index in [0.717, 1.165) is 11.1 Å². The number of halogens is 3. The maximum Gasteiger partial charge on any atom is 0.438 e. The number of likely N-dealkylation sites (tertiary alicyclic amines) is 1. The summed E-state index contributed by atoms with van der Waals surface area (Å²) in [5.41, 5.74) is -2.63. The molecule has 0 bridgehead atoms. The molecule has 0 radical (unpaired) electrons. The third kappa shape index (κ3) is 3.46. The van der Waals surface area contributed by atoms with E-state index in [1.54, 1.807) is 4.90 Å². The zero-order chi connectivity index (χ0) is 15.7. The van der Waals surface area contributed by atoms with Gasteiger partial charge in [0.1, 0.15) is 6.67 Å². The van der Waals surface area contributed by atoms with Gasteiger partial charge in [-0.1, -0.05) is 6.92 Å². The van der Waals surface area contributed by atoms with E-state index in [-0.39, 0.29) is 19.8 Å². The molecule has 1 saturated heterocycles. The van der Waals surface area contributed by atoms with Gasteiger partial charge >= 0.3 is 11.9 Å². The lowest BCUT2D eigenvalue weighted by molar-refractivity contribution is -0.273. The summed E-state index contributed by atoms with van der Waals surface area (Å²) < 4.78 is 44.1. The predicted molar refractivity (Wildman–Crippen MR) is 66.6 cm³/mol. The van der Waals surface area contributed by atoms with E-state index >= 15 is 0 Å². The monoisotopic (exact) mass is 309 g/mol. The summed E-state index contributed by atoms with van der Waals surface area (Å²) in [6.45, 7) is 2.07. The van der Waals surface area contributed by atoms with Crippen LogP contribution in [0.1, 0.15) is 32.1 Å². The number of hydrogen-bond donors (Lipinski definition) is 1. The first kappa shape index (κ1) is 16.0. The van der Waals surface area contributed by atoms with E-state index < -0.39 is 30.4 Å². The minimum Gasteiger partial charge on any atom is -0.392 e. The molecule has 0 saturated carbocycles. The second-order valence-electron chi connectivity index (χ2n) is 5.30. The van der Waals surface area contributed by atoms with E-state index in [0.29, 0.717) is 12.3 Å². The highest BCUT2D eigenvalue weighted by molar-refractivity contribution is 4.91. The maximum absolute atomic E-state index is 12.7. The minimum absolute atomic E-state index is 0.0401. The Morgan fingerprint density at radius 1 is 1.38 bits per heavy atom. The van der Waals surface area contributed by atoms with Gasteiger partial charge in [0.2, 0.25) is 5.89 Å². The molecule has 9 heteroatoms. The molecular weight excluding hydrogens is 291 g/mol.